The van der Waals surface area contributed by atoms with Gasteiger partial charge in [-0.1, -0.05) is 11.6 Å². The summed E-state index contributed by atoms with van der Waals surface area (Å²) in [5.41, 5.74) is 0.647. The summed E-state index contributed by atoms with van der Waals surface area (Å²) < 4.78 is 0.918. The minimum Gasteiger partial charge on any atom is -0.351 e. The third-order valence-electron chi connectivity index (χ3n) is 3.10. The summed E-state index contributed by atoms with van der Waals surface area (Å²) in [5, 5.41) is 6.85. The topological polar surface area (TPSA) is 44.4 Å². The third-order valence-corrected chi connectivity index (χ3v) is 4.27. The van der Waals surface area contributed by atoms with Crippen molar-refractivity contribution in [2.45, 2.75) is 0 Å². The molecule has 1 heterocycles. The monoisotopic (exact) mass is 393 g/mol. The van der Waals surface area contributed by atoms with E-state index in [2.05, 4.69) is 38.1 Å². The molecular weight excluding hydrogens is 377 g/mol. The lowest BCUT2D eigenvalue weighted by Crippen LogP contribution is -2.46. The predicted octanol–water partition coefficient (Wildman–Crippen LogP) is 1.58. The van der Waals surface area contributed by atoms with Crippen LogP contribution in [0.1, 0.15) is 10.4 Å². The molecule has 0 aliphatic carbocycles. The molecule has 4 nitrogen and oxygen atoms in total. The van der Waals surface area contributed by atoms with Gasteiger partial charge in [0.1, 0.15) is 0 Å². The quantitative estimate of drug-likeness (QED) is 0.764. The Morgan fingerprint density at radius 3 is 2.89 bits per heavy atom. The van der Waals surface area contributed by atoms with Crippen molar-refractivity contribution in [1.82, 2.24) is 15.5 Å². The van der Waals surface area contributed by atoms with Gasteiger partial charge in [-0.15, -0.1) is 0 Å². The maximum atomic E-state index is 12.1. The number of piperazine rings is 1. The highest BCUT2D eigenvalue weighted by Gasteiger charge is 2.12. The van der Waals surface area contributed by atoms with E-state index < -0.39 is 0 Å². The van der Waals surface area contributed by atoms with Gasteiger partial charge in [-0.25, -0.2) is 0 Å². The number of rotatable bonds is 4. The highest BCUT2D eigenvalue weighted by Crippen LogP contribution is 2.17. The summed E-state index contributed by atoms with van der Waals surface area (Å²) in [6.45, 7) is 5.71. The highest BCUT2D eigenvalue weighted by molar-refractivity contribution is 14.1. The zero-order chi connectivity index (χ0) is 13.7. The van der Waals surface area contributed by atoms with Crippen molar-refractivity contribution in [3.63, 3.8) is 0 Å². The zero-order valence-corrected chi connectivity index (χ0v) is 13.5. The molecule has 0 saturated carbocycles. The largest absolute Gasteiger partial charge is 0.351 e. The van der Waals surface area contributed by atoms with E-state index in [1.165, 1.54) is 0 Å². The number of nitrogens with zero attached hydrogens (tertiary/aromatic N) is 1. The minimum absolute atomic E-state index is 0.0537. The number of halogens is 2. The first kappa shape index (κ1) is 15.0. The summed E-state index contributed by atoms with van der Waals surface area (Å²) in [4.78, 5) is 14.4. The van der Waals surface area contributed by atoms with E-state index in [-0.39, 0.29) is 5.91 Å². The van der Waals surface area contributed by atoms with Gasteiger partial charge in [0.05, 0.1) is 5.56 Å². The fraction of sp³-hybridized carbons (Fsp3) is 0.462. The number of hydrogen-bond donors (Lipinski definition) is 2. The van der Waals surface area contributed by atoms with Crippen LogP contribution < -0.4 is 10.6 Å². The van der Waals surface area contributed by atoms with Crippen LogP contribution in [0.5, 0.6) is 0 Å². The maximum Gasteiger partial charge on any atom is 0.252 e. The Bertz CT molecular complexity index is 450. The zero-order valence-electron chi connectivity index (χ0n) is 10.6. The second kappa shape index (κ2) is 7.42. The normalized spacial score (nSPS) is 16.3. The fourth-order valence-electron chi connectivity index (χ4n) is 2.03. The first-order chi connectivity index (χ1) is 9.16. The van der Waals surface area contributed by atoms with Crippen LogP contribution in [0.3, 0.4) is 0 Å². The molecule has 1 aliphatic rings. The van der Waals surface area contributed by atoms with Crippen molar-refractivity contribution in [2.75, 3.05) is 39.3 Å². The Labute approximate surface area is 132 Å². The summed E-state index contributed by atoms with van der Waals surface area (Å²) in [5.74, 6) is -0.0537. The van der Waals surface area contributed by atoms with Crippen LogP contribution in [-0.4, -0.2) is 50.1 Å². The van der Waals surface area contributed by atoms with Crippen molar-refractivity contribution in [3.8, 4) is 0 Å². The molecule has 0 aromatic heterocycles. The lowest BCUT2D eigenvalue weighted by molar-refractivity contribution is 0.0946. The Morgan fingerprint density at radius 1 is 1.42 bits per heavy atom. The first-order valence-electron chi connectivity index (χ1n) is 6.33. The van der Waals surface area contributed by atoms with Crippen LogP contribution in [-0.2, 0) is 0 Å². The molecule has 1 aromatic carbocycles. The summed E-state index contributed by atoms with van der Waals surface area (Å²) >= 11 is 8.07. The molecule has 1 fully saturated rings. The number of nitrogens with one attached hydrogen (secondary N) is 2. The van der Waals surface area contributed by atoms with E-state index in [0.717, 1.165) is 36.3 Å². The molecular formula is C13H17ClIN3O. The van der Waals surface area contributed by atoms with Gasteiger partial charge in [0.2, 0.25) is 0 Å². The standard InChI is InChI=1S/C13H17ClIN3O/c14-10-1-2-12(15)11(9-10)13(19)17-5-8-18-6-3-16-4-7-18/h1-2,9,16H,3-8H2,(H,17,19). The Morgan fingerprint density at radius 2 is 2.16 bits per heavy atom. The van der Waals surface area contributed by atoms with Gasteiger partial charge >= 0.3 is 0 Å². The van der Waals surface area contributed by atoms with Gasteiger partial charge in [0.25, 0.3) is 5.91 Å². The Kier molecular flexibility index (Phi) is 5.87. The minimum atomic E-state index is -0.0537. The van der Waals surface area contributed by atoms with Crippen molar-refractivity contribution in [2.24, 2.45) is 0 Å². The molecule has 2 rings (SSSR count). The van der Waals surface area contributed by atoms with E-state index in [9.17, 15) is 4.79 Å². The molecule has 19 heavy (non-hydrogen) atoms. The molecule has 1 amide bonds. The second-order valence-corrected chi connectivity index (χ2v) is 6.07. The molecule has 1 aromatic rings. The van der Waals surface area contributed by atoms with Gasteiger partial charge in [-0.05, 0) is 40.8 Å². The van der Waals surface area contributed by atoms with Crippen LogP contribution in [0.15, 0.2) is 18.2 Å². The molecule has 0 unspecified atom stereocenters. The summed E-state index contributed by atoms with van der Waals surface area (Å²) in [6.07, 6.45) is 0. The van der Waals surface area contributed by atoms with Crippen LogP contribution in [0, 0.1) is 3.57 Å². The van der Waals surface area contributed by atoms with E-state index in [1.807, 2.05) is 6.07 Å². The Hall–Kier alpha value is -0.370. The second-order valence-electron chi connectivity index (χ2n) is 4.47. The number of benzene rings is 1. The first-order valence-corrected chi connectivity index (χ1v) is 7.79. The molecule has 104 valence electrons. The van der Waals surface area contributed by atoms with E-state index in [4.69, 9.17) is 11.6 Å². The van der Waals surface area contributed by atoms with Gasteiger partial charge < -0.3 is 10.6 Å². The molecule has 0 radical (unpaired) electrons. The van der Waals surface area contributed by atoms with Gasteiger partial charge in [0.15, 0.2) is 0 Å². The summed E-state index contributed by atoms with van der Waals surface area (Å²) in [6, 6.07) is 5.36. The molecule has 0 spiro atoms. The molecule has 6 heteroatoms. The van der Waals surface area contributed by atoms with Crippen molar-refractivity contribution >= 4 is 40.1 Å². The van der Waals surface area contributed by atoms with Gasteiger partial charge in [-0.2, -0.15) is 0 Å². The average molecular weight is 394 g/mol. The van der Waals surface area contributed by atoms with Crippen LogP contribution in [0.4, 0.5) is 0 Å². The molecule has 0 atom stereocenters. The maximum absolute atomic E-state index is 12.1. The van der Waals surface area contributed by atoms with Crippen LogP contribution in [0.25, 0.3) is 0 Å². The number of hydrogen-bond acceptors (Lipinski definition) is 3. The van der Waals surface area contributed by atoms with E-state index in [1.54, 1.807) is 12.1 Å². The smallest absolute Gasteiger partial charge is 0.252 e. The Balaban J connectivity index is 1.82. The van der Waals surface area contributed by atoms with Crippen molar-refractivity contribution in [1.29, 1.82) is 0 Å². The number of amides is 1. The predicted molar refractivity (Wildman–Crippen MR) is 85.8 cm³/mol. The number of carbonyl (C=O) groups excluding carboxylic acids is 1. The summed E-state index contributed by atoms with van der Waals surface area (Å²) in [7, 11) is 0. The van der Waals surface area contributed by atoms with E-state index in [0.29, 0.717) is 17.1 Å². The van der Waals surface area contributed by atoms with Gasteiger partial charge in [0, 0.05) is 47.9 Å². The lowest BCUT2D eigenvalue weighted by atomic mass is 10.2. The van der Waals surface area contributed by atoms with Crippen molar-refractivity contribution < 1.29 is 4.79 Å². The highest BCUT2D eigenvalue weighted by atomic mass is 127. The van der Waals surface area contributed by atoms with Crippen LogP contribution in [0.2, 0.25) is 5.02 Å². The molecule has 1 saturated heterocycles. The third kappa shape index (κ3) is 4.59. The fourth-order valence-corrected chi connectivity index (χ4v) is 2.78. The van der Waals surface area contributed by atoms with Gasteiger partial charge in [-0.3, -0.25) is 9.69 Å². The van der Waals surface area contributed by atoms with Crippen LogP contribution >= 0.6 is 34.2 Å². The number of carbonyl (C=O) groups is 1. The van der Waals surface area contributed by atoms with Crippen molar-refractivity contribution in [3.05, 3.63) is 32.4 Å². The lowest BCUT2D eigenvalue weighted by Gasteiger charge is -2.27. The molecule has 0 bridgehead atoms. The average Bonchev–Trinajstić information content (AvgIpc) is 2.42. The molecule has 1 aliphatic heterocycles. The van der Waals surface area contributed by atoms with E-state index >= 15 is 0 Å². The SMILES string of the molecule is O=C(NCCN1CCNCC1)c1cc(Cl)ccc1I. The molecule has 2 N–H and O–H groups in total.